The third kappa shape index (κ3) is 4.61. The average molecular weight is 457 g/mol. The van der Waals surface area contributed by atoms with Gasteiger partial charge < -0.3 is 20.0 Å². The molecule has 0 fully saturated rings. The van der Waals surface area contributed by atoms with Gasteiger partial charge in [0.05, 0.1) is 23.5 Å². The molecule has 0 bridgehead atoms. The fraction of sp³-hybridized carbons (Fsp3) is 0.261. The summed E-state index contributed by atoms with van der Waals surface area (Å²) in [5, 5.41) is 13.2. The van der Waals surface area contributed by atoms with Crippen molar-refractivity contribution in [2.24, 2.45) is 7.05 Å². The fourth-order valence-electron chi connectivity index (χ4n) is 3.75. The number of fused-ring (bicyclic) bond motifs is 1. The zero-order valence-electron chi connectivity index (χ0n) is 17.7. The number of halogens is 3. The quantitative estimate of drug-likeness (QED) is 0.396. The lowest BCUT2D eigenvalue weighted by molar-refractivity contribution is -0.271. The molecule has 2 heterocycles. The summed E-state index contributed by atoms with van der Waals surface area (Å²) in [5.41, 5.74) is -1.18. The Balaban J connectivity index is 1.63. The summed E-state index contributed by atoms with van der Waals surface area (Å²) in [6, 6.07) is 15.7. The van der Waals surface area contributed by atoms with Gasteiger partial charge in [0, 0.05) is 19.4 Å². The van der Waals surface area contributed by atoms with Crippen molar-refractivity contribution in [3.8, 4) is 0 Å². The van der Waals surface area contributed by atoms with Gasteiger partial charge in [-0.15, -0.1) is 0 Å². The average Bonchev–Trinajstić information content (AvgIpc) is 3.39. The van der Waals surface area contributed by atoms with Gasteiger partial charge >= 0.3 is 6.18 Å². The number of hydrogen-bond donors (Lipinski definition) is 3. The Morgan fingerprint density at radius 1 is 1.15 bits per heavy atom. The van der Waals surface area contributed by atoms with Crippen molar-refractivity contribution in [3.63, 3.8) is 0 Å². The topological polar surface area (TPSA) is 95.8 Å². The van der Waals surface area contributed by atoms with Crippen LogP contribution in [0.3, 0.4) is 0 Å². The Bertz CT molecular complexity index is 1220. The first-order chi connectivity index (χ1) is 15.7. The molecule has 1 amide bonds. The van der Waals surface area contributed by atoms with E-state index in [1.807, 2.05) is 48.5 Å². The molecule has 0 radical (unpaired) electrons. The van der Waals surface area contributed by atoms with E-state index in [1.54, 1.807) is 6.07 Å². The summed E-state index contributed by atoms with van der Waals surface area (Å²) < 4.78 is 42.6. The summed E-state index contributed by atoms with van der Waals surface area (Å²) in [6.45, 7) is 0. The summed E-state index contributed by atoms with van der Waals surface area (Å²) in [7, 11) is 1.32. The summed E-state index contributed by atoms with van der Waals surface area (Å²) in [6.07, 6.45) is -3.66. The normalized spacial score (nSPS) is 14.7. The molecule has 7 nitrogen and oxygen atoms in total. The van der Waals surface area contributed by atoms with Gasteiger partial charge in [-0.05, 0) is 24.1 Å². The van der Waals surface area contributed by atoms with Crippen LogP contribution in [-0.4, -0.2) is 36.7 Å². The maximum absolute atomic E-state index is 13.9. The van der Waals surface area contributed by atoms with Gasteiger partial charge in [0.25, 0.3) is 0 Å². The number of aromatic nitrogens is 4. The number of amides is 1. The van der Waals surface area contributed by atoms with E-state index in [0.29, 0.717) is 17.8 Å². The summed E-state index contributed by atoms with van der Waals surface area (Å²) >= 11 is 0. The Morgan fingerprint density at radius 2 is 1.85 bits per heavy atom. The molecule has 2 aromatic carbocycles. The summed E-state index contributed by atoms with van der Waals surface area (Å²) in [5.74, 6) is -1.24. The van der Waals surface area contributed by atoms with E-state index in [9.17, 15) is 23.1 Å². The zero-order chi connectivity index (χ0) is 23.6. The van der Waals surface area contributed by atoms with Crippen molar-refractivity contribution in [2.75, 3.05) is 0 Å². The highest BCUT2D eigenvalue weighted by Crippen LogP contribution is 2.40. The molecule has 0 spiro atoms. The van der Waals surface area contributed by atoms with Gasteiger partial charge in [0.2, 0.25) is 11.5 Å². The molecule has 0 aliphatic carbocycles. The van der Waals surface area contributed by atoms with E-state index in [4.69, 9.17) is 0 Å². The van der Waals surface area contributed by atoms with Crippen molar-refractivity contribution in [1.82, 2.24) is 24.8 Å². The van der Waals surface area contributed by atoms with Crippen LogP contribution in [0.25, 0.3) is 11.0 Å². The predicted octanol–water partition coefficient (Wildman–Crippen LogP) is 3.54. The van der Waals surface area contributed by atoms with Gasteiger partial charge in [-0.1, -0.05) is 42.5 Å². The zero-order valence-corrected chi connectivity index (χ0v) is 17.7. The molecule has 4 rings (SSSR count). The lowest BCUT2D eigenvalue weighted by Crippen LogP contribution is -2.48. The van der Waals surface area contributed by atoms with Crippen molar-refractivity contribution in [1.29, 1.82) is 0 Å². The molecule has 3 N–H and O–H groups in total. The number of hydrogen-bond acceptors (Lipinski definition) is 4. The molecule has 0 aliphatic heterocycles. The highest BCUT2D eigenvalue weighted by atomic mass is 19.4. The second kappa shape index (κ2) is 8.70. The molecule has 33 heavy (non-hydrogen) atoms. The van der Waals surface area contributed by atoms with Crippen LogP contribution in [0.1, 0.15) is 29.7 Å². The van der Waals surface area contributed by atoms with Crippen LogP contribution in [0.5, 0.6) is 0 Å². The first kappa shape index (κ1) is 22.5. The molecule has 2 atom stereocenters. The van der Waals surface area contributed by atoms with E-state index >= 15 is 0 Å². The minimum atomic E-state index is -5.11. The Morgan fingerprint density at radius 3 is 2.48 bits per heavy atom. The molecule has 172 valence electrons. The number of aliphatic hydroxyl groups is 1. The number of rotatable bonds is 7. The SMILES string of the molecule is Cn1ccnc1C(O)(CC(=O)N[C@@H](Cc1ccccc1)c1nc2ccccc2[nH]1)C(F)(F)F. The minimum absolute atomic E-state index is 0.291. The molecule has 1 unspecified atom stereocenters. The van der Waals surface area contributed by atoms with Crippen molar-refractivity contribution >= 4 is 16.9 Å². The van der Waals surface area contributed by atoms with Crippen LogP contribution in [0.15, 0.2) is 67.0 Å². The van der Waals surface area contributed by atoms with Crippen molar-refractivity contribution in [3.05, 3.63) is 84.2 Å². The number of para-hydroxylation sites is 2. The standard InChI is InChI=1S/C23H22F3N5O2/c1-31-12-11-27-21(31)22(33,23(24,25)26)14-19(32)28-18(13-15-7-3-2-4-8-15)20-29-16-9-5-6-10-17(16)30-20/h2-12,18,33H,13-14H2,1H3,(H,28,32)(H,29,30)/t18-,22?/m0/s1. The molecule has 10 heteroatoms. The van der Waals surface area contributed by atoms with E-state index < -0.39 is 36.0 Å². The molecular formula is C23H22F3N5O2. The number of nitrogens with one attached hydrogen (secondary N) is 2. The molecule has 0 saturated carbocycles. The van der Waals surface area contributed by atoms with E-state index in [0.717, 1.165) is 21.8 Å². The van der Waals surface area contributed by atoms with Gasteiger partial charge in [-0.25, -0.2) is 9.97 Å². The number of alkyl halides is 3. The lowest BCUT2D eigenvalue weighted by atomic mass is 9.96. The number of aromatic amines is 1. The minimum Gasteiger partial charge on any atom is -0.374 e. The van der Waals surface area contributed by atoms with E-state index in [-0.39, 0.29) is 0 Å². The Labute approximate surface area is 187 Å². The summed E-state index contributed by atoms with van der Waals surface area (Å²) in [4.78, 5) is 24.1. The lowest BCUT2D eigenvalue weighted by Gasteiger charge is -2.30. The number of benzene rings is 2. The number of nitrogens with zero attached hydrogens (tertiary/aromatic N) is 3. The monoisotopic (exact) mass is 457 g/mol. The second-order valence-corrected chi connectivity index (χ2v) is 7.85. The highest BCUT2D eigenvalue weighted by Gasteiger charge is 2.58. The van der Waals surface area contributed by atoms with Gasteiger partial charge in [-0.2, -0.15) is 13.2 Å². The first-order valence-electron chi connectivity index (χ1n) is 10.2. The first-order valence-corrected chi connectivity index (χ1v) is 10.2. The van der Waals surface area contributed by atoms with Crippen LogP contribution >= 0.6 is 0 Å². The number of carbonyl (C=O) groups is 1. The Kier molecular flexibility index (Phi) is 5.94. The van der Waals surface area contributed by atoms with Crippen molar-refractivity contribution < 1.29 is 23.1 Å². The van der Waals surface area contributed by atoms with Crippen molar-refractivity contribution in [2.45, 2.75) is 30.7 Å². The Hall–Kier alpha value is -3.66. The molecule has 0 saturated heterocycles. The third-order valence-corrected chi connectivity index (χ3v) is 5.43. The smallest absolute Gasteiger partial charge is 0.374 e. The van der Waals surface area contributed by atoms with Crippen LogP contribution < -0.4 is 5.32 Å². The third-order valence-electron chi connectivity index (χ3n) is 5.43. The second-order valence-electron chi connectivity index (χ2n) is 7.85. The molecule has 0 aliphatic rings. The number of H-pyrrole nitrogens is 1. The van der Waals surface area contributed by atoms with Crippen LogP contribution in [0.2, 0.25) is 0 Å². The molecule has 2 aromatic heterocycles. The highest BCUT2D eigenvalue weighted by molar-refractivity contribution is 5.78. The van der Waals surface area contributed by atoms with Gasteiger partial charge in [-0.3, -0.25) is 4.79 Å². The largest absolute Gasteiger partial charge is 0.425 e. The fourth-order valence-corrected chi connectivity index (χ4v) is 3.75. The van der Waals surface area contributed by atoms with Crippen LogP contribution in [0, 0.1) is 0 Å². The molecular weight excluding hydrogens is 435 g/mol. The number of imidazole rings is 2. The number of aryl methyl sites for hydroxylation is 1. The van der Waals surface area contributed by atoms with Gasteiger partial charge in [0.15, 0.2) is 5.82 Å². The van der Waals surface area contributed by atoms with Crippen LogP contribution in [-0.2, 0) is 23.9 Å². The maximum atomic E-state index is 13.9. The van der Waals surface area contributed by atoms with E-state index in [2.05, 4.69) is 20.3 Å². The predicted molar refractivity (Wildman–Crippen MR) is 115 cm³/mol. The molecule has 4 aromatic rings. The van der Waals surface area contributed by atoms with E-state index in [1.165, 1.54) is 13.2 Å². The maximum Gasteiger partial charge on any atom is 0.425 e. The van der Waals surface area contributed by atoms with Crippen LogP contribution in [0.4, 0.5) is 13.2 Å². The van der Waals surface area contributed by atoms with Gasteiger partial charge in [0.1, 0.15) is 5.82 Å². The number of carbonyl (C=O) groups excluding carboxylic acids is 1.